The van der Waals surface area contributed by atoms with Crippen LogP contribution in [0.1, 0.15) is 23.5 Å². The number of hydrogen-bond donors (Lipinski definition) is 1. The van der Waals surface area contributed by atoms with Crippen molar-refractivity contribution in [3.05, 3.63) is 35.4 Å². The normalized spacial score (nSPS) is 25.2. The van der Waals surface area contributed by atoms with Crippen molar-refractivity contribution in [2.24, 2.45) is 5.73 Å². The van der Waals surface area contributed by atoms with Crippen molar-refractivity contribution in [1.29, 1.82) is 0 Å². The molecule has 0 unspecified atom stereocenters. The Labute approximate surface area is 97.6 Å². The fraction of sp³-hybridized carbons (Fsp3) is 0.500. The fourth-order valence-electron chi connectivity index (χ4n) is 2.07. The van der Waals surface area contributed by atoms with Gasteiger partial charge in [0.2, 0.25) is 0 Å². The van der Waals surface area contributed by atoms with Gasteiger partial charge in [-0.25, -0.2) is 0 Å². The van der Waals surface area contributed by atoms with Crippen LogP contribution in [0, 0.1) is 0 Å². The van der Waals surface area contributed by atoms with Gasteiger partial charge in [0, 0.05) is 12.5 Å². The van der Waals surface area contributed by atoms with Crippen LogP contribution < -0.4 is 5.73 Å². The summed E-state index contributed by atoms with van der Waals surface area (Å²) < 4.78 is 43.0. The van der Waals surface area contributed by atoms with E-state index < -0.39 is 11.7 Å². The molecule has 1 saturated heterocycles. The highest BCUT2D eigenvalue weighted by Crippen LogP contribution is 2.34. The molecule has 1 fully saturated rings. The molecule has 1 aromatic carbocycles. The molecule has 2 N–H and O–H groups in total. The molecule has 0 aromatic heterocycles. The molecule has 1 aliphatic heterocycles. The third-order valence-corrected chi connectivity index (χ3v) is 3.03. The van der Waals surface area contributed by atoms with Crippen LogP contribution in [0.3, 0.4) is 0 Å². The third-order valence-electron chi connectivity index (χ3n) is 3.03. The number of benzene rings is 1. The second-order valence-corrected chi connectivity index (χ2v) is 4.25. The largest absolute Gasteiger partial charge is 0.416 e. The van der Waals surface area contributed by atoms with Gasteiger partial charge < -0.3 is 10.5 Å². The van der Waals surface area contributed by atoms with Crippen molar-refractivity contribution in [3.63, 3.8) is 0 Å². The molecule has 2 atom stereocenters. The molecule has 1 aliphatic rings. The van der Waals surface area contributed by atoms with Crippen LogP contribution in [-0.4, -0.2) is 19.3 Å². The zero-order valence-electron chi connectivity index (χ0n) is 9.20. The lowest BCUT2D eigenvalue weighted by atomic mass is 9.95. The average molecular weight is 245 g/mol. The Hall–Kier alpha value is -1.07. The number of ether oxygens (including phenoxy) is 1. The Morgan fingerprint density at radius 2 is 2.12 bits per heavy atom. The Morgan fingerprint density at radius 3 is 2.71 bits per heavy atom. The summed E-state index contributed by atoms with van der Waals surface area (Å²) in [6.07, 6.45) is -3.63. The van der Waals surface area contributed by atoms with Crippen LogP contribution in [0.25, 0.3) is 0 Å². The molecule has 17 heavy (non-hydrogen) atoms. The Balaban J connectivity index is 2.17. The van der Waals surface area contributed by atoms with E-state index in [0.29, 0.717) is 25.1 Å². The molecule has 0 aliphatic carbocycles. The summed E-state index contributed by atoms with van der Waals surface area (Å²) in [4.78, 5) is 0. The van der Waals surface area contributed by atoms with E-state index in [-0.39, 0.29) is 12.0 Å². The van der Waals surface area contributed by atoms with E-state index in [1.165, 1.54) is 12.1 Å². The quantitative estimate of drug-likeness (QED) is 0.869. The predicted octanol–water partition coefficient (Wildman–Crippen LogP) is 2.54. The molecule has 0 bridgehead atoms. The van der Waals surface area contributed by atoms with Crippen molar-refractivity contribution in [2.75, 3.05) is 13.2 Å². The molecular weight excluding hydrogens is 231 g/mol. The molecule has 1 aromatic rings. The van der Waals surface area contributed by atoms with Crippen molar-refractivity contribution in [2.45, 2.75) is 24.6 Å². The minimum atomic E-state index is -4.29. The van der Waals surface area contributed by atoms with Gasteiger partial charge in [0.25, 0.3) is 0 Å². The first-order chi connectivity index (χ1) is 8.00. The monoisotopic (exact) mass is 245 g/mol. The molecule has 0 radical (unpaired) electrons. The van der Waals surface area contributed by atoms with E-state index in [1.54, 1.807) is 6.07 Å². The molecular formula is C12H14F3NO. The zero-order valence-corrected chi connectivity index (χ0v) is 9.20. The Bertz CT molecular complexity index is 392. The Kier molecular flexibility index (Phi) is 3.40. The maximum Gasteiger partial charge on any atom is 0.416 e. The topological polar surface area (TPSA) is 35.2 Å². The lowest BCUT2D eigenvalue weighted by Crippen LogP contribution is -2.18. The van der Waals surface area contributed by atoms with E-state index in [9.17, 15) is 13.2 Å². The minimum Gasteiger partial charge on any atom is -0.376 e. The molecule has 2 rings (SSSR count). The van der Waals surface area contributed by atoms with E-state index in [4.69, 9.17) is 10.5 Å². The van der Waals surface area contributed by atoms with Gasteiger partial charge in [0.1, 0.15) is 0 Å². The molecule has 1 heterocycles. The van der Waals surface area contributed by atoms with Gasteiger partial charge in [-0.1, -0.05) is 18.2 Å². The highest BCUT2D eigenvalue weighted by molar-refractivity contribution is 5.29. The SMILES string of the molecule is NC[C@H]1C[C@H](c2cccc(C(F)(F)F)c2)CO1. The van der Waals surface area contributed by atoms with E-state index in [1.807, 2.05) is 0 Å². The lowest BCUT2D eigenvalue weighted by molar-refractivity contribution is -0.137. The van der Waals surface area contributed by atoms with Gasteiger partial charge in [-0.05, 0) is 18.1 Å². The minimum absolute atomic E-state index is 0.0193. The number of halogens is 3. The highest BCUT2D eigenvalue weighted by atomic mass is 19.4. The zero-order chi connectivity index (χ0) is 12.5. The summed E-state index contributed by atoms with van der Waals surface area (Å²) in [5, 5.41) is 0. The van der Waals surface area contributed by atoms with Crippen molar-refractivity contribution in [1.82, 2.24) is 0 Å². The van der Waals surface area contributed by atoms with Crippen LogP contribution in [0.4, 0.5) is 13.2 Å². The maximum absolute atomic E-state index is 12.5. The maximum atomic E-state index is 12.5. The molecule has 5 heteroatoms. The molecule has 0 spiro atoms. The van der Waals surface area contributed by atoms with Crippen LogP contribution in [0.5, 0.6) is 0 Å². The van der Waals surface area contributed by atoms with Crippen molar-refractivity contribution in [3.8, 4) is 0 Å². The summed E-state index contributed by atoms with van der Waals surface area (Å²) in [6, 6.07) is 5.43. The number of hydrogen-bond acceptors (Lipinski definition) is 2. The number of nitrogens with two attached hydrogens (primary N) is 1. The molecule has 2 nitrogen and oxygen atoms in total. The number of rotatable bonds is 2. The lowest BCUT2D eigenvalue weighted by Gasteiger charge is -2.12. The third kappa shape index (κ3) is 2.79. The van der Waals surface area contributed by atoms with Crippen LogP contribution >= 0.6 is 0 Å². The predicted molar refractivity (Wildman–Crippen MR) is 57.6 cm³/mol. The van der Waals surface area contributed by atoms with Crippen LogP contribution in [0.2, 0.25) is 0 Å². The first kappa shape index (κ1) is 12.4. The van der Waals surface area contributed by atoms with Gasteiger partial charge in [-0.3, -0.25) is 0 Å². The van der Waals surface area contributed by atoms with Gasteiger partial charge in [0.15, 0.2) is 0 Å². The van der Waals surface area contributed by atoms with Gasteiger partial charge in [-0.15, -0.1) is 0 Å². The Morgan fingerprint density at radius 1 is 1.35 bits per heavy atom. The highest BCUT2D eigenvalue weighted by Gasteiger charge is 2.32. The summed E-state index contributed by atoms with van der Waals surface area (Å²) in [5.41, 5.74) is 5.54. The smallest absolute Gasteiger partial charge is 0.376 e. The van der Waals surface area contributed by atoms with Crippen molar-refractivity contribution < 1.29 is 17.9 Å². The van der Waals surface area contributed by atoms with Crippen molar-refractivity contribution >= 4 is 0 Å². The van der Waals surface area contributed by atoms with Gasteiger partial charge in [-0.2, -0.15) is 13.2 Å². The molecule has 0 amide bonds. The fourth-order valence-corrected chi connectivity index (χ4v) is 2.07. The number of alkyl halides is 3. The van der Waals surface area contributed by atoms with Gasteiger partial charge >= 0.3 is 6.18 Å². The van der Waals surface area contributed by atoms with Crippen LogP contribution in [0.15, 0.2) is 24.3 Å². The molecule has 94 valence electrons. The van der Waals surface area contributed by atoms with Gasteiger partial charge in [0.05, 0.1) is 18.3 Å². The summed E-state index contributed by atoms with van der Waals surface area (Å²) in [6.45, 7) is 0.860. The second-order valence-electron chi connectivity index (χ2n) is 4.25. The first-order valence-corrected chi connectivity index (χ1v) is 5.49. The molecule has 0 saturated carbocycles. The van der Waals surface area contributed by atoms with Crippen LogP contribution in [-0.2, 0) is 10.9 Å². The standard InChI is InChI=1S/C12H14F3NO/c13-12(14,15)10-3-1-2-8(4-10)9-5-11(6-16)17-7-9/h1-4,9,11H,5-7,16H2/t9-,11+/m0/s1. The second kappa shape index (κ2) is 4.66. The summed E-state index contributed by atoms with van der Waals surface area (Å²) >= 11 is 0. The average Bonchev–Trinajstić information content (AvgIpc) is 2.76. The summed E-state index contributed by atoms with van der Waals surface area (Å²) in [5.74, 6) is 0.0193. The first-order valence-electron chi connectivity index (χ1n) is 5.49. The van der Waals surface area contributed by atoms with E-state index in [2.05, 4.69) is 0 Å². The summed E-state index contributed by atoms with van der Waals surface area (Å²) in [7, 11) is 0. The van der Waals surface area contributed by atoms with E-state index >= 15 is 0 Å². The van der Waals surface area contributed by atoms with E-state index in [0.717, 1.165) is 6.07 Å².